The normalized spacial score (nSPS) is 11.3. The number of rotatable bonds is 18. The molecule has 6 rings (SSSR count). The number of aryl methyl sites for hydroxylation is 4. The smallest absolute Gasteiger partial charge is 0.276 e. The SMILES string of the molecule is C=CCn1c(NC(=O)c2c(CCCCCc3c(C)nn(CC)c3C(=O)Nc3nc4cc(C(N)=O)ccc4n3CC=C)c(C)nn2CC)nc2cc(C(N)=O)ccc21. The molecule has 16 heteroatoms. The maximum atomic E-state index is 14.0. The Morgan fingerprint density at radius 2 is 1.07 bits per heavy atom. The first-order valence-electron chi connectivity index (χ1n) is 19.0. The molecule has 0 spiro atoms. The van der Waals surface area contributed by atoms with Crippen molar-refractivity contribution in [1.82, 2.24) is 38.7 Å². The van der Waals surface area contributed by atoms with Crippen LogP contribution in [0.5, 0.6) is 0 Å². The minimum atomic E-state index is -0.564. The second-order valence-electron chi connectivity index (χ2n) is 13.7. The molecule has 0 unspecified atom stereocenters. The highest BCUT2D eigenvalue weighted by Crippen LogP contribution is 2.26. The molecular weight excluding hydrogens is 725 g/mol. The minimum Gasteiger partial charge on any atom is -0.366 e. The Bertz CT molecular complexity index is 2380. The van der Waals surface area contributed by atoms with Gasteiger partial charge >= 0.3 is 0 Å². The number of nitrogens with zero attached hydrogens (tertiary/aromatic N) is 8. The van der Waals surface area contributed by atoms with Gasteiger partial charge in [0.15, 0.2) is 0 Å². The number of primary amides is 2. The van der Waals surface area contributed by atoms with Crippen LogP contribution in [0.1, 0.15) is 97.3 Å². The van der Waals surface area contributed by atoms with Gasteiger partial charge in [0, 0.05) is 48.4 Å². The lowest BCUT2D eigenvalue weighted by Crippen LogP contribution is -2.21. The molecule has 4 aromatic heterocycles. The van der Waals surface area contributed by atoms with Crippen LogP contribution in [0.3, 0.4) is 0 Å². The molecule has 0 saturated carbocycles. The van der Waals surface area contributed by atoms with Crippen LogP contribution in [0, 0.1) is 13.8 Å². The van der Waals surface area contributed by atoms with Crippen LogP contribution in [0.2, 0.25) is 0 Å². The van der Waals surface area contributed by atoms with Gasteiger partial charge < -0.3 is 20.6 Å². The number of fused-ring (bicyclic) bond motifs is 2. The Labute approximate surface area is 329 Å². The highest BCUT2D eigenvalue weighted by atomic mass is 16.2. The highest BCUT2D eigenvalue weighted by molar-refractivity contribution is 6.05. The molecular formula is C41H48N12O4. The molecule has 16 nitrogen and oxygen atoms in total. The summed E-state index contributed by atoms with van der Waals surface area (Å²) in [5, 5.41) is 15.3. The lowest BCUT2D eigenvalue weighted by molar-refractivity contribution is 0.0992. The third-order valence-corrected chi connectivity index (χ3v) is 10.0. The number of allylic oxidation sites excluding steroid dienone is 2. The second-order valence-corrected chi connectivity index (χ2v) is 13.7. The van der Waals surface area contributed by atoms with Crippen molar-refractivity contribution < 1.29 is 19.2 Å². The molecule has 0 aliphatic heterocycles. The minimum absolute atomic E-state index is 0.321. The van der Waals surface area contributed by atoms with Gasteiger partial charge in [-0.05, 0) is 89.8 Å². The van der Waals surface area contributed by atoms with Crippen LogP contribution in [0.25, 0.3) is 22.1 Å². The summed E-state index contributed by atoms with van der Waals surface area (Å²) >= 11 is 0. The Balaban J connectivity index is 1.16. The summed E-state index contributed by atoms with van der Waals surface area (Å²) in [7, 11) is 0. The fourth-order valence-electron chi connectivity index (χ4n) is 7.29. The van der Waals surface area contributed by atoms with Gasteiger partial charge in [0.2, 0.25) is 23.7 Å². The van der Waals surface area contributed by atoms with Gasteiger partial charge in [-0.1, -0.05) is 18.6 Å². The van der Waals surface area contributed by atoms with Gasteiger partial charge in [0.1, 0.15) is 11.4 Å². The molecule has 0 saturated heterocycles. The summed E-state index contributed by atoms with van der Waals surface area (Å²) in [4.78, 5) is 60.8. The highest BCUT2D eigenvalue weighted by Gasteiger charge is 2.25. The number of hydrogen-bond acceptors (Lipinski definition) is 8. The van der Waals surface area contributed by atoms with E-state index >= 15 is 0 Å². The van der Waals surface area contributed by atoms with Gasteiger partial charge in [-0.25, -0.2) is 9.97 Å². The topological polar surface area (TPSA) is 216 Å². The van der Waals surface area contributed by atoms with E-state index < -0.39 is 11.8 Å². The number of amides is 4. The summed E-state index contributed by atoms with van der Waals surface area (Å²) in [6.07, 6.45) is 7.04. The van der Waals surface area contributed by atoms with E-state index in [1.54, 1.807) is 57.9 Å². The van der Waals surface area contributed by atoms with Crippen LogP contribution in [0.15, 0.2) is 61.7 Å². The van der Waals surface area contributed by atoms with Gasteiger partial charge in [0.05, 0.1) is 33.5 Å². The second kappa shape index (κ2) is 16.9. The molecule has 0 atom stereocenters. The quantitative estimate of drug-likeness (QED) is 0.0648. The number of unbranched alkanes of at least 4 members (excludes halogenated alkanes) is 2. The van der Waals surface area contributed by atoms with Crippen LogP contribution in [0.4, 0.5) is 11.9 Å². The predicted molar refractivity (Wildman–Crippen MR) is 219 cm³/mol. The molecule has 2 aromatic carbocycles. The van der Waals surface area contributed by atoms with Crippen molar-refractivity contribution in [2.75, 3.05) is 10.6 Å². The van der Waals surface area contributed by atoms with Crippen molar-refractivity contribution in [3.8, 4) is 0 Å². The van der Waals surface area contributed by atoms with E-state index in [9.17, 15) is 19.2 Å². The maximum absolute atomic E-state index is 14.0. The first kappa shape index (κ1) is 39.8. The van der Waals surface area contributed by atoms with E-state index in [0.717, 1.165) is 52.8 Å². The standard InChI is InChI=1S/C41H48N12O4/c1-7-20-50-32-18-16-26(36(42)54)22-30(32)44-40(50)46-38(56)34-28(24(5)48-52(34)9-3)14-12-11-13-15-29-25(6)49-53(10-4)35(29)39(57)47-41-45-31-23-27(37(43)55)17-19-33(31)51(41)21-8-2/h7-8,16-19,22-23H,1-2,9-15,20-21H2,3-6H3,(H2,42,54)(H2,43,55)(H,44,46,56)(H,45,47,57). The molecule has 0 radical (unpaired) electrons. The number of nitrogens with two attached hydrogens (primary N) is 2. The van der Waals surface area contributed by atoms with E-state index in [0.29, 0.717) is 84.5 Å². The zero-order valence-corrected chi connectivity index (χ0v) is 32.8. The molecule has 0 bridgehead atoms. The first-order valence-corrected chi connectivity index (χ1v) is 19.0. The first-order chi connectivity index (χ1) is 27.4. The summed E-state index contributed by atoms with van der Waals surface area (Å²) in [5.74, 6) is -1.16. The number of imidazole rings is 2. The van der Waals surface area contributed by atoms with Crippen LogP contribution in [-0.4, -0.2) is 62.3 Å². The zero-order valence-electron chi connectivity index (χ0n) is 32.8. The largest absolute Gasteiger partial charge is 0.366 e. The van der Waals surface area contributed by atoms with Gasteiger partial charge in [-0.2, -0.15) is 10.2 Å². The van der Waals surface area contributed by atoms with Crippen LogP contribution < -0.4 is 22.1 Å². The Hall–Kier alpha value is -6.84. The molecule has 4 amide bonds. The van der Waals surface area contributed by atoms with E-state index in [2.05, 4.69) is 44.0 Å². The summed E-state index contributed by atoms with van der Waals surface area (Å²) < 4.78 is 7.05. The Morgan fingerprint density at radius 3 is 1.42 bits per heavy atom. The number of aromatic nitrogens is 8. The van der Waals surface area contributed by atoms with Crippen molar-refractivity contribution in [1.29, 1.82) is 0 Å². The lowest BCUT2D eigenvalue weighted by Gasteiger charge is -2.11. The molecule has 0 aliphatic rings. The Kier molecular flexibility index (Phi) is 11.8. The van der Waals surface area contributed by atoms with Crippen LogP contribution in [-0.2, 0) is 39.0 Å². The summed E-state index contributed by atoms with van der Waals surface area (Å²) in [5.41, 5.74) is 18.3. The van der Waals surface area contributed by atoms with Gasteiger partial charge in [-0.15, -0.1) is 13.2 Å². The van der Waals surface area contributed by atoms with E-state index in [1.807, 2.05) is 36.8 Å². The van der Waals surface area contributed by atoms with E-state index in [1.165, 1.54) is 0 Å². The Morgan fingerprint density at radius 1 is 0.667 bits per heavy atom. The fourth-order valence-corrected chi connectivity index (χ4v) is 7.29. The lowest BCUT2D eigenvalue weighted by atomic mass is 10.0. The average Bonchev–Trinajstić information content (AvgIpc) is 3.90. The predicted octanol–water partition coefficient (Wildman–Crippen LogP) is 5.47. The van der Waals surface area contributed by atoms with Crippen molar-refractivity contribution in [3.63, 3.8) is 0 Å². The van der Waals surface area contributed by atoms with Crippen LogP contribution >= 0.6 is 0 Å². The van der Waals surface area contributed by atoms with Crippen molar-refractivity contribution in [2.24, 2.45) is 11.5 Å². The molecule has 0 fully saturated rings. The van der Waals surface area contributed by atoms with E-state index in [4.69, 9.17) is 11.5 Å². The molecule has 6 aromatic rings. The molecule has 6 N–H and O–H groups in total. The fraction of sp³-hybridized carbons (Fsp3) is 0.317. The summed E-state index contributed by atoms with van der Waals surface area (Å²) in [6.45, 7) is 17.2. The molecule has 296 valence electrons. The monoisotopic (exact) mass is 772 g/mol. The van der Waals surface area contributed by atoms with E-state index in [-0.39, 0.29) is 11.8 Å². The molecule has 57 heavy (non-hydrogen) atoms. The number of carbonyl (C=O) groups is 4. The molecule has 4 heterocycles. The van der Waals surface area contributed by atoms with Crippen molar-refractivity contribution >= 4 is 57.6 Å². The number of benzene rings is 2. The summed E-state index contributed by atoms with van der Waals surface area (Å²) in [6, 6.07) is 9.97. The average molecular weight is 773 g/mol. The van der Waals surface area contributed by atoms with Gasteiger partial charge in [0.25, 0.3) is 11.8 Å². The molecule has 0 aliphatic carbocycles. The van der Waals surface area contributed by atoms with Crippen molar-refractivity contribution in [3.05, 3.63) is 107 Å². The maximum Gasteiger partial charge on any atom is 0.276 e. The third-order valence-electron chi connectivity index (χ3n) is 10.0. The number of carbonyl (C=O) groups excluding carboxylic acids is 4. The van der Waals surface area contributed by atoms with Gasteiger partial charge in [-0.3, -0.25) is 39.2 Å². The third kappa shape index (κ3) is 7.97. The number of nitrogens with one attached hydrogen (secondary N) is 2. The van der Waals surface area contributed by atoms with Crippen molar-refractivity contribution in [2.45, 2.75) is 86.0 Å². The number of anilines is 2. The zero-order chi connectivity index (χ0) is 41.0. The number of hydrogen-bond donors (Lipinski definition) is 4.